The van der Waals surface area contributed by atoms with Crippen molar-refractivity contribution >= 4 is 0 Å². The van der Waals surface area contributed by atoms with E-state index in [0.29, 0.717) is 0 Å². The molecule has 0 aliphatic carbocycles. The summed E-state index contributed by atoms with van der Waals surface area (Å²) in [5, 5.41) is 0. The molecule has 0 spiro atoms. The van der Waals surface area contributed by atoms with Crippen molar-refractivity contribution in [2.75, 3.05) is 47.1 Å². The summed E-state index contributed by atoms with van der Waals surface area (Å²) < 4.78 is 10.7. The number of hydrogen-bond donors (Lipinski definition) is 0. The molecule has 0 saturated carbocycles. The van der Waals surface area contributed by atoms with E-state index >= 15 is 0 Å². The molecule has 0 atom stereocenters. The maximum Gasteiger partial charge on any atom is 0.0579 e. The predicted molar refractivity (Wildman–Crippen MR) is 48.3 cm³/mol. The predicted octanol–water partition coefficient (Wildman–Crippen LogP) is 0.601. The maximum atomic E-state index is 5.44. The highest BCUT2D eigenvalue weighted by atomic mass is 16.5. The third-order valence-electron chi connectivity index (χ3n) is 2.08. The molecule has 0 bridgehead atoms. The SMILES string of the molecule is CCOCC1(CN(C)C)COC1. The van der Waals surface area contributed by atoms with Gasteiger partial charge in [-0.15, -0.1) is 0 Å². The summed E-state index contributed by atoms with van der Waals surface area (Å²) >= 11 is 0. The first-order valence-corrected chi connectivity index (χ1v) is 4.49. The van der Waals surface area contributed by atoms with Crippen LogP contribution in [0.4, 0.5) is 0 Å². The van der Waals surface area contributed by atoms with Gasteiger partial charge in [-0.2, -0.15) is 0 Å². The van der Waals surface area contributed by atoms with Gasteiger partial charge in [0, 0.05) is 13.2 Å². The highest BCUT2D eigenvalue weighted by molar-refractivity contribution is 4.87. The minimum Gasteiger partial charge on any atom is -0.381 e. The van der Waals surface area contributed by atoms with Gasteiger partial charge in [0.25, 0.3) is 0 Å². The lowest BCUT2D eigenvalue weighted by Gasteiger charge is -2.42. The van der Waals surface area contributed by atoms with Crippen LogP contribution in [-0.4, -0.2) is 52.0 Å². The molecule has 1 fully saturated rings. The molecule has 1 aliphatic rings. The van der Waals surface area contributed by atoms with E-state index in [2.05, 4.69) is 19.0 Å². The first kappa shape index (κ1) is 9.96. The highest BCUT2D eigenvalue weighted by Crippen LogP contribution is 2.28. The molecule has 3 nitrogen and oxygen atoms in total. The molecular formula is C9H19NO2. The van der Waals surface area contributed by atoms with Gasteiger partial charge in [-0.3, -0.25) is 0 Å². The van der Waals surface area contributed by atoms with Crippen molar-refractivity contribution < 1.29 is 9.47 Å². The molecule has 0 radical (unpaired) electrons. The van der Waals surface area contributed by atoms with E-state index in [1.165, 1.54) is 0 Å². The zero-order valence-corrected chi connectivity index (χ0v) is 8.30. The van der Waals surface area contributed by atoms with Crippen molar-refractivity contribution in [2.45, 2.75) is 6.92 Å². The molecule has 0 unspecified atom stereocenters. The van der Waals surface area contributed by atoms with Crippen molar-refractivity contribution in [3.63, 3.8) is 0 Å². The van der Waals surface area contributed by atoms with Gasteiger partial charge in [-0.05, 0) is 21.0 Å². The van der Waals surface area contributed by atoms with Crippen LogP contribution in [0.5, 0.6) is 0 Å². The Balaban J connectivity index is 2.29. The van der Waals surface area contributed by atoms with Crippen molar-refractivity contribution in [2.24, 2.45) is 5.41 Å². The molecule has 12 heavy (non-hydrogen) atoms. The fourth-order valence-electron chi connectivity index (χ4n) is 1.60. The zero-order chi connectivity index (χ0) is 9.03. The van der Waals surface area contributed by atoms with Crippen LogP contribution < -0.4 is 0 Å². The van der Waals surface area contributed by atoms with Crippen molar-refractivity contribution in [3.8, 4) is 0 Å². The first-order chi connectivity index (χ1) is 5.68. The molecule has 1 aliphatic heterocycles. The minimum atomic E-state index is 0.277. The summed E-state index contributed by atoms with van der Waals surface area (Å²) in [7, 11) is 4.18. The van der Waals surface area contributed by atoms with Crippen LogP contribution in [0.1, 0.15) is 6.92 Å². The molecule has 0 aromatic heterocycles. The molecule has 3 heteroatoms. The second-order valence-electron chi connectivity index (χ2n) is 3.87. The lowest BCUT2D eigenvalue weighted by atomic mass is 9.86. The summed E-state index contributed by atoms with van der Waals surface area (Å²) in [5.41, 5.74) is 0.277. The quantitative estimate of drug-likeness (QED) is 0.607. The molecule has 0 aromatic carbocycles. The summed E-state index contributed by atoms with van der Waals surface area (Å²) in [6.45, 7) is 6.43. The van der Waals surface area contributed by atoms with Gasteiger partial charge in [0.2, 0.25) is 0 Å². The van der Waals surface area contributed by atoms with E-state index in [0.717, 1.165) is 33.0 Å². The smallest absolute Gasteiger partial charge is 0.0579 e. The third-order valence-corrected chi connectivity index (χ3v) is 2.08. The summed E-state index contributed by atoms with van der Waals surface area (Å²) in [6.07, 6.45) is 0. The Morgan fingerprint density at radius 2 is 2.08 bits per heavy atom. The molecule has 0 N–H and O–H groups in total. The minimum absolute atomic E-state index is 0.277. The van der Waals surface area contributed by atoms with Crippen molar-refractivity contribution in [1.82, 2.24) is 4.90 Å². The van der Waals surface area contributed by atoms with Crippen LogP contribution >= 0.6 is 0 Å². The fourth-order valence-corrected chi connectivity index (χ4v) is 1.60. The molecular weight excluding hydrogens is 154 g/mol. The van der Waals surface area contributed by atoms with E-state index < -0.39 is 0 Å². The Labute approximate surface area is 74.6 Å². The molecule has 1 heterocycles. The summed E-state index contributed by atoms with van der Waals surface area (Å²) in [4.78, 5) is 2.20. The number of rotatable bonds is 5. The standard InChI is InChI=1S/C9H19NO2/c1-4-11-6-9(5-10(2)3)7-12-8-9/h4-8H2,1-3H3. The second-order valence-corrected chi connectivity index (χ2v) is 3.87. The van der Waals surface area contributed by atoms with E-state index in [1.807, 2.05) is 6.92 Å². The first-order valence-electron chi connectivity index (χ1n) is 4.49. The summed E-state index contributed by atoms with van der Waals surface area (Å²) in [6, 6.07) is 0. The Morgan fingerprint density at radius 1 is 1.42 bits per heavy atom. The highest BCUT2D eigenvalue weighted by Gasteiger charge is 2.39. The average molecular weight is 173 g/mol. The van der Waals surface area contributed by atoms with E-state index in [4.69, 9.17) is 9.47 Å². The third kappa shape index (κ3) is 2.44. The summed E-state index contributed by atoms with van der Waals surface area (Å²) in [5.74, 6) is 0. The Kier molecular flexibility index (Phi) is 3.50. The molecule has 72 valence electrons. The fraction of sp³-hybridized carbons (Fsp3) is 1.00. The van der Waals surface area contributed by atoms with Gasteiger partial charge in [0.15, 0.2) is 0 Å². The van der Waals surface area contributed by atoms with Crippen LogP contribution in [0.3, 0.4) is 0 Å². The molecule has 0 amide bonds. The normalized spacial score (nSPS) is 21.0. The van der Waals surface area contributed by atoms with Crippen molar-refractivity contribution in [1.29, 1.82) is 0 Å². The average Bonchev–Trinajstić information content (AvgIpc) is 1.94. The Bertz CT molecular complexity index is 132. The maximum absolute atomic E-state index is 5.44. The Hall–Kier alpha value is -0.120. The molecule has 0 aromatic rings. The van der Waals surface area contributed by atoms with Crippen molar-refractivity contribution in [3.05, 3.63) is 0 Å². The second kappa shape index (κ2) is 4.21. The van der Waals surface area contributed by atoms with Crippen LogP contribution in [0.25, 0.3) is 0 Å². The van der Waals surface area contributed by atoms with Gasteiger partial charge in [0.05, 0.1) is 25.2 Å². The molecule has 1 rings (SSSR count). The van der Waals surface area contributed by atoms with Gasteiger partial charge >= 0.3 is 0 Å². The lowest BCUT2D eigenvalue weighted by Crippen LogP contribution is -2.52. The largest absolute Gasteiger partial charge is 0.381 e. The van der Waals surface area contributed by atoms with Crippen LogP contribution in [0.2, 0.25) is 0 Å². The van der Waals surface area contributed by atoms with Crippen LogP contribution in [-0.2, 0) is 9.47 Å². The van der Waals surface area contributed by atoms with Crippen LogP contribution in [0.15, 0.2) is 0 Å². The zero-order valence-electron chi connectivity index (χ0n) is 8.30. The van der Waals surface area contributed by atoms with E-state index in [1.54, 1.807) is 0 Å². The van der Waals surface area contributed by atoms with Crippen LogP contribution in [0, 0.1) is 5.41 Å². The number of nitrogens with zero attached hydrogens (tertiary/aromatic N) is 1. The van der Waals surface area contributed by atoms with Gasteiger partial charge < -0.3 is 14.4 Å². The lowest BCUT2D eigenvalue weighted by molar-refractivity contribution is -0.154. The Morgan fingerprint density at radius 3 is 2.42 bits per heavy atom. The number of ether oxygens (including phenoxy) is 2. The molecule has 1 saturated heterocycles. The van der Waals surface area contributed by atoms with Gasteiger partial charge in [-0.25, -0.2) is 0 Å². The number of hydrogen-bond acceptors (Lipinski definition) is 3. The van der Waals surface area contributed by atoms with Gasteiger partial charge in [-0.1, -0.05) is 0 Å². The van der Waals surface area contributed by atoms with E-state index in [-0.39, 0.29) is 5.41 Å². The van der Waals surface area contributed by atoms with E-state index in [9.17, 15) is 0 Å². The van der Waals surface area contributed by atoms with Gasteiger partial charge in [0.1, 0.15) is 0 Å². The topological polar surface area (TPSA) is 21.7 Å². The monoisotopic (exact) mass is 173 g/mol.